The molecule has 1 fully saturated rings. The van der Waals surface area contributed by atoms with Crippen molar-refractivity contribution in [2.45, 2.75) is 26.2 Å². The van der Waals surface area contributed by atoms with Gasteiger partial charge in [-0.1, -0.05) is 30.3 Å². The lowest BCUT2D eigenvalue weighted by Gasteiger charge is -2.36. The number of nitrogens with zero attached hydrogens (tertiary/aromatic N) is 3. The number of piperazine rings is 1. The van der Waals surface area contributed by atoms with Gasteiger partial charge in [-0.2, -0.15) is 0 Å². The normalized spacial score (nSPS) is 18.3. The Morgan fingerprint density at radius 3 is 2.37 bits per heavy atom. The molecule has 4 rings (SSSR count). The van der Waals surface area contributed by atoms with Crippen molar-refractivity contribution in [3.8, 4) is 0 Å². The number of ether oxygens (including phenoxy) is 1. The lowest BCUT2D eigenvalue weighted by atomic mass is 9.80. The van der Waals surface area contributed by atoms with Gasteiger partial charge in [0, 0.05) is 61.9 Å². The third-order valence-corrected chi connectivity index (χ3v) is 6.97. The maximum Gasteiger partial charge on any atom is 0.336 e. The molecule has 1 atom stereocenters. The molecule has 38 heavy (non-hydrogen) atoms. The van der Waals surface area contributed by atoms with E-state index in [2.05, 4.69) is 27.2 Å². The maximum absolute atomic E-state index is 13.2. The van der Waals surface area contributed by atoms with E-state index in [1.807, 2.05) is 18.2 Å². The summed E-state index contributed by atoms with van der Waals surface area (Å²) in [6, 6.07) is 16.0. The summed E-state index contributed by atoms with van der Waals surface area (Å²) in [4.78, 5) is 40.9. The van der Waals surface area contributed by atoms with Gasteiger partial charge < -0.3 is 20.1 Å². The highest BCUT2D eigenvalue weighted by atomic mass is 16.6. The number of rotatable bonds is 9. The summed E-state index contributed by atoms with van der Waals surface area (Å²) in [6.07, 6.45) is 0.638. The molecule has 2 N–H and O–H groups in total. The Kier molecular flexibility index (Phi) is 8.42. The van der Waals surface area contributed by atoms with E-state index in [-0.39, 0.29) is 23.4 Å². The van der Waals surface area contributed by atoms with Crippen LogP contribution in [0.1, 0.15) is 31.7 Å². The highest BCUT2D eigenvalue weighted by Crippen LogP contribution is 2.39. The molecule has 10 nitrogen and oxygen atoms in total. The van der Waals surface area contributed by atoms with Crippen LogP contribution >= 0.6 is 0 Å². The number of carboxylic acid groups (broad SMARTS) is 1. The minimum Gasteiger partial charge on any atom is -0.478 e. The van der Waals surface area contributed by atoms with Gasteiger partial charge in [-0.25, -0.2) is 9.59 Å². The van der Waals surface area contributed by atoms with Crippen LogP contribution in [0, 0.1) is 10.1 Å². The van der Waals surface area contributed by atoms with Crippen LogP contribution < -0.4 is 10.2 Å². The van der Waals surface area contributed by atoms with Gasteiger partial charge in [0.15, 0.2) is 0 Å². The predicted octanol–water partition coefficient (Wildman–Crippen LogP) is 3.67. The van der Waals surface area contributed by atoms with E-state index in [1.165, 1.54) is 23.9 Å². The molecule has 0 aliphatic carbocycles. The van der Waals surface area contributed by atoms with Crippen molar-refractivity contribution in [1.82, 2.24) is 10.2 Å². The lowest BCUT2D eigenvalue weighted by molar-refractivity contribution is -0.384. The average molecular weight is 521 g/mol. The first-order valence-corrected chi connectivity index (χ1v) is 12.6. The van der Waals surface area contributed by atoms with Crippen LogP contribution in [0.4, 0.5) is 11.4 Å². The van der Waals surface area contributed by atoms with Crippen molar-refractivity contribution in [3.63, 3.8) is 0 Å². The highest BCUT2D eigenvalue weighted by Gasteiger charge is 2.37. The molecule has 0 spiro atoms. The van der Waals surface area contributed by atoms with Gasteiger partial charge in [0.2, 0.25) is 0 Å². The van der Waals surface area contributed by atoms with E-state index in [4.69, 9.17) is 4.74 Å². The van der Waals surface area contributed by atoms with E-state index < -0.39 is 22.8 Å². The summed E-state index contributed by atoms with van der Waals surface area (Å²) in [6.45, 7) is 7.93. The third kappa shape index (κ3) is 6.03. The number of hydrogen-bond donors (Lipinski definition) is 2. The number of carbonyl (C=O) groups excluding carboxylic acids is 1. The number of hydrogen-bond acceptors (Lipinski definition) is 8. The number of esters is 1. The standard InChI is InChI=1S/C28H32N4O6/c1-19-24(27(33)34)26(21-8-6-11-23(18-21)32(36)37)25(20(2)29-19)28(35)38-17-7-12-30-13-15-31(16-14-30)22-9-4-3-5-10-22/h3-6,8-11,18,26,29H,7,12-17H2,1-2H3,(H,33,34). The van der Waals surface area contributed by atoms with Gasteiger partial charge in [-0.15, -0.1) is 0 Å². The molecule has 1 saturated heterocycles. The Hall–Kier alpha value is -4.18. The number of carbonyl (C=O) groups is 2. The number of nitro benzene ring substituents is 1. The van der Waals surface area contributed by atoms with E-state index in [0.29, 0.717) is 23.4 Å². The molecule has 2 heterocycles. The maximum atomic E-state index is 13.2. The molecule has 2 aliphatic rings. The summed E-state index contributed by atoms with van der Waals surface area (Å²) in [5.41, 5.74) is 2.32. The van der Waals surface area contributed by atoms with Crippen LogP contribution in [-0.2, 0) is 14.3 Å². The molecule has 0 saturated carbocycles. The zero-order chi connectivity index (χ0) is 27.2. The summed E-state index contributed by atoms with van der Waals surface area (Å²) < 4.78 is 5.60. The molecular formula is C28H32N4O6. The molecule has 2 aromatic carbocycles. The van der Waals surface area contributed by atoms with Crippen molar-refractivity contribution in [2.24, 2.45) is 0 Å². The molecule has 0 aromatic heterocycles. The van der Waals surface area contributed by atoms with Crippen molar-refractivity contribution in [3.05, 3.63) is 92.8 Å². The monoisotopic (exact) mass is 520 g/mol. The first-order valence-electron chi connectivity index (χ1n) is 12.6. The largest absolute Gasteiger partial charge is 0.478 e. The first-order chi connectivity index (χ1) is 18.3. The fourth-order valence-electron chi connectivity index (χ4n) is 5.10. The van der Waals surface area contributed by atoms with Crippen molar-refractivity contribution < 1.29 is 24.4 Å². The Balaban J connectivity index is 1.39. The summed E-state index contributed by atoms with van der Waals surface area (Å²) in [5.74, 6) is -2.84. The molecule has 2 aromatic rings. The van der Waals surface area contributed by atoms with Crippen molar-refractivity contribution >= 4 is 23.3 Å². The predicted molar refractivity (Wildman–Crippen MR) is 143 cm³/mol. The quantitative estimate of drug-likeness (QED) is 0.220. The molecule has 0 radical (unpaired) electrons. The van der Waals surface area contributed by atoms with E-state index in [0.717, 1.165) is 32.7 Å². The number of dihydropyridines is 1. The fourth-order valence-corrected chi connectivity index (χ4v) is 5.10. The van der Waals surface area contributed by atoms with Gasteiger partial charge in [-0.3, -0.25) is 15.0 Å². The lowest BCUT2D eigenvalue weighted by Crippen LogP contribution is -2.46. The molecule has 200 valence electrons. The molecular weight excluding hydrogens is 488 g/mol. The van der Waals surface area contributed by atoms with Gasteiger partial charge in [0.1, 0.15) is 0 Å². The second-order valence-electron chi connectivity index (χ2n) is 9.45. The van der Waals surface area contributed by atoms with Crippen LogP contribution in [-0.4, -0.2) is 66.2 Å². The number of nitrogens with one attached hydrogen (secondary N) is 1. The Morgan fingerprint density at radius 2 is 1.71 bits per heavy atom. The average Bonchev–Trinajstić information content (AvgIpc) is 2.91. The molecule has 0 amide bonds. The van der Waals surface area contributed by atoms with Crippen LogP contribution in [0.2, 0.25) is 0 Å². The minimum absolute atomic E-state index is 0.0423. The number of non-ortho nitro benzene ring substituents is 1. The summed E-state index contributed by atoms with van der Waals surface area (Å²) >= 11 is 0. The van der Waals surface area contributed by atoms with E-state index >= 15 is 0 Å². The highest BCUT2D eigenvalue weighted by molar-refractivity contribution is 5.99. The minimum atomic E-state index is -1.21. The zero-order valence-corrected chi connectivity index (χ0v) is 21.6. The zero-order valence-electron chi connectivity index (χ0n) is 21.6. The Morgan fingerprint density at radius 1 is 1.03 bits per heavy atom. The Bertz CT molecular complexity index is 1270. The summed E-state index contributed by atoms with van der Waals surface area (Å²) in [7, 11) is 0. The third-order valence-electron chi connectivity index (χ3n) is 6.97. The number of benzene rings is 2. The van der Waals surface area contributed by atoms with Gasteiger partial charge in [0.25, 0.3) is 5.69 Å². The topological polar surface area (TPSA) is 125 Å². The summed E-state index contributed by atoms with van der Waals surface area (Å²) in [5, 5.41) is 24.3. The van der Waals surface area contributed by atoms with Crippen LogP contribution in [0.15, 0.2) is 77.1 Å². The number of nitro groups is 1. The molecule has 0 bridgehead atoms. The number of allylic oxidation sites excluding steroid dienone is 2. The van der Waals surface area contributed by atoms with Crippen LogP contribution in [0.5, 0.6) is 0 Å². The van der Waals surface area contributed by atoms with E-state index in [9.17, 15) is 24.8 Å². The van der Waals surface area contributed by atoms with Gasteiger partial charge in [0.05, 0.1) is 28.6 Å². The second kappa shape index (κ2) is 11.9. The smallest absolute Gasteiger partial charge is 0.336 e. The SMILES string of the molecule is CC1=C(C(=O)O)C(c2cccc([N+](=O)[O-])c2)C(C(=O)OCCCN2CCN(c3ccccc3)CC2)=C(C)N1. The molecule has 1 unspecified atom stereocenters. The van der Waals surface area contributed by atoms with Crippen molar-refractivity contribution in [2.75, 3.05) is 44.2 Å². The number of anilines is 1. The number of carboxylic acids is 1. The number of aliphatic carboxylic acids is 1. The van der Waals surface area contributed by atoms with Gasteiger partial charge in [-0.05, 0) is 38.0 Å². The second-order valence-corrected chi connectivity index (χ2v) is 9.45. The molecule has 2 aliphatic heterocycles. The van der Waals surface area contributed by atoms with Crippen LogP contribution in [0.3, 0.4) is 0 Å². The Labute approximate surface area is 221 Å². The first kappa shape index (κ1) is 26.9. The van der Waals surface area contributed by atoms with Crippen LogP contribution in [0.25, 0.3) is 0 Å². The van der Waals surface area contributed by atoms with Gasteiger partial charge >= 0.3 is 11.9 Å². The van der Waals surface area contributed by atoms with Crippen molar-refractivity contribution in [1.29, 1.82) is 0 Å². The molecule has 10 heteroatoms. The fraction of sp³-hybridized carbons (Fsp3) is 0.357. The number of para-hydroxylation sites is 1. The van der Waals surface area contributed by atoms with E-state index in [1.54, 1.807) is 19.9 Å².